The number of rotatable bonds is 6. The first-order chi connectivity index (χ1) is 16.7. The summed E-state index contributed by atoms with van der Waals surface area (Å²) in [5, 5.41) is 11.3. The van der Waals surface area contributed by atoms with Gasteiger partial charge < -0.3 is 10.6 Å². The Morgan fingerprint density at radius 2 is 1.83 bits per heavy atom. The lowest BCUT2D eigenvalue weighted by atomic mass is 10.0. The Morgan fingerprint density at radius 3 is 2.51 bits per heavy atom. The normalized spacial score (nSPS) is 17.3. The van der Waals surface area contributed by atoms with Crippen LogP contribution in [0.2, 0.25) is 0 Å². The molecule has 1 unspecified atom stereocenters. The molecule has 1 aromatic carbocycles. The van der Waals surface area contributed by atoms with Crippen LogP contribution in [0.1, 0.15) is 51.2 Å². The van der Waals surface area contributed by atoms with E-state index in [0.717, 1.165) is 10.5 Å². The zero-order valence-corrected chi connectivity index (χ0v) is 19.2. The zero-order chi connectivity index (χ0) is 25.3. The molecule has 0 spiro atoms. The first-order valence-corrected chi connectivity index (χ1v) is 11.1. The van der Waals surface area contributed by atoms with Gasteiger partial charge in [0.05, 0.1) is 16.8 Å². The average molecular weight is 480 g/mol. The number of fused-ring (bicyclic) bond motifs is 1. The van der Waals surface area contributed by atoms with E-state index in [1.165, 1.54) is 4.68 Å². The summed E-state index contributed by atoms with van der Waals surface area (Å²) in [6.45, 7) is 1.99. The fraction of sp³-hybridized carbons (Fsp3) is 0.348. The quantitative estimate of drug-likeness (QED) is 0.294. The molecule has 1 aromatic heterocycles. The lowest BCUT2D eigenvalue weighted by molar-refractivity contribution is -0.136. The zero-order valence-electron chi connectivity index (χ0n) is 19.2. The summed E-state index contributed by atoms with van der Waals surface area (Å²) >= 11 is 0. The van der Waals surface area contributed by atoms with Crippen LogP contribution in [0.15, 0.2) is 24.3 Å². The van der Waals surface area contributed by atoms with Crippen LogP contribution in [0, 0.1) is 6.92 Å². The maximum absolute atomic E-state index is 12.9. The third-order valence-electron chi connectivity index (χ3n) is 5.88. The van der Waals surface area contributed by atoms with Gasteiger partial charge in [-0.25, -0.2) is 0 Å². The SMILES string of the molecule is Cc1cc(NC(=O)C(=O)NCCCc2ccc3c(c2)C(=O)N(C2CCC(=O)NC2=O)C3=O)n(C)n1. The van der Waals surface area contributed by atoms with Crippen LogP contribution in [0.3, 0.4) is 0 Å². The molecule has 2 aliphatic rings. The molecule has 1 saturated heterocycles. The van der Waals surface area contributed by atoms with Gasteiger partial charge in [-0.1, -0.05) is 6.07 Å². The van der Waals surface area contributed by atoms with Crippen molar-refractivity contribution in [3.8, 4) is 0 Å². The summed E-state index contributed by atoms with van der Waals surface area (Å²) in [6.07, 6.45) is 1.12. The van der Waals surface area contributed by atoms with Crippen molar-refractivity contribution >= 4 is 41.3 Å². The Kier molecular flexibility index (Phi) is 6.45. The van der Waals surface area contributed by atoms with Crippen molar-refractivity contribution in [3.63, 3.8) is 0 Å². The second kappa shape index (κ2) is 9.49. The van der Waals surface area contributed by atoms with E-state index in [-0.39, 0.29) is 30.5 Å². The highest BCUT2D eigenvalue weighted by molar-refractivity contribution is 6.39. The smallest absolute Gasteiger partial charge is 0.314 e. The summed E-state index contributed by atoms with van der Waals surface area (Å²) < 4.78 is 1.46. The minimum Gasteiger partial charge on any atom is -0.348 e. The predicted octanol–water partition coefficient (Wildman–Crippen LogP) is -0.183. The molecule has 0 aliphatic carbocycles. The first-order valence-electron chi connectivity index (χ1n) is 11.1. The Balaban J connectivity index is 1.31. The van der Waals surface area contributed by atoms with E-state index in [2.05, 4.69) is 21.0 Å². The number of benzene rings is 1. The highest BCUT2D eigenvalue weighted by Crippen LogP contribution is 2.28. The van der Waals surface area contributed by atoms with Gasteiger partial charge in [0.2, 0.25) is 11.8 Å². The van der Waals surface area contributed by atoms with Crippen molar-refractivity contribution in [3.05, 3.63) is 46.6 Å². The molecule has 1 fully saturated rings. The van der Waals surface area contributed by atoms with Crippen LogP contribution in [0.4, 0.5) is 5.82 Å². The number of imide groups is 2. The molecular formula is C23H24N6O6. The van der Waals surface area contributed by atoms with E-state index in [1.54, 1.807) is 38.2 Å². The van der Waals surface area contributed by atoms with E-state index in [1.807, 2.05) is 0 Å². The number of hydrogen-bond acceptors (Lipinski definition) is 7. The van der Waals surface area contributed by atoms with E-state index in [4.69, 9.17) is 0 Å². The topological polar surface area (TPSA) is 160 Å². The molecule has 35 heavy (non-hydrogen) atoms. The van der Waals surface area contributed by atoms with Crippen LogP contribution in [-0.2, 0) is 32.6 Å². The van der Waals surface area contributed by atoms with E-state index in [0.29, 0.717) is 24.4 Å². The molecule has 6 amide bonds. The van der Waals surface area contributed by atoms with Gasteiger partial charge in [0.1, 0.15) is 11.9 Å². The van der Waals surface area contributed by atoms with Crippen molar-refractivity contribution < 1.29 is 28.8 Å². The standard InChI is InChI=1S/C23H24N6O6/c1-12-10-17(28(2)27-12)25-21(33)20(32)24-9-3-4-13-5-6-14-15(11-13)23(35)29(22(14)34)16-7-8-18(30)26-19(16)31/h5-6,10-11,16H,3-4,7-9H2,1-2H3,(H,24,32)(H,25,33)(H,26,30,31). The molecule has 3 heterocycles. The van der Waals surface area contributed by atoms with Gasteiger partial charge in [0.15, 0.2) is 0 Å². The molecule has 2 aliphatic heterocycles. The average Bonchev–Trinajstić information content (AvgIpc) is 3.25. The van der Waals surface area contributed by atoms with Crippen LogP contribution in [-0.4, -0.2) is 62.7 Å². The molecule has 0 radical (unpaired) electrons. The van der Waals surface area contributed by atoms with Crippen LogP contribution in [0.25, 0.3) is 0 Å². The van der Waals surface area contributed by atoms with Crippen molar-refractivity contribution in [2.24, 2.45) is 7.05 Å². The van der Waals surface area contributed by atoms with Gasteiger partial charge in [-0.15, -0.1) is 0 Å². The molecule has 12 nitrogen and oxygen atoms in total. The van der Waals surface area contributed by atoms with Gasteiger partial charge >= 0.3 is 11.8 Å². The minimum absolute atomic E-state index is 0.0561. The molecule has 4 rings (SSSR count). The molecule has 182 valence electrons. The number of carbonyl (C=O) groups is 6. The first kappa shape index (κ1) is 23.8. The van der Waals surface area contributed by atoms with Gasteiger partial charge in [-0.3, -0.25) is 43.7 Å². The lowest BCUT2D eigenvalue weighted by Crippen LogP contribution is -2.54. The summed E-state index contributed by atoms with van der Waals surface area (Å²) in [4.78, 5) is 74.2. The van der Waals surface area contributed by atoms with Crippen LogP contribution >= 0.6 is 0 Å². The monoisotopic (exact) mass is 480 g/mol. The van der Waals surface area contributed by atoms with Gasteiger partial charge in [-0.05, 0) is 43.9 Å². The minimum atomic E-state index is -1.01. The number of nitrogens with zero attached hydrogens (tertiary/aromatic N) is 3. The van der Waals surface area contributed by atoms with E-state index >= 15 is 0 Å². The highest BCUT2D eigenvalue weighted by Gasteiger charge is 2.44. The summed E-state index contributed by atoms with van der Waals surface area (Å²) in [6, 6.07) is 5.48. The maximum Gasteiger partial charge on any atom is 0.314 e. The van der Waals surface area contributed by atoms with Crippen molar-refractivity contribution in [1.29, 1.82) is 0 Å². The predicted molar refractivity (Wildman–Crippen MR) is 121 cm³/mol. The number of amides is 6. The number of aromatic nitrogens is 2. The third-order valence-corrected chi connectivity index (χ3v) is 5.88. The van der Waals surface area contributed by atoms with Crippen LogP contribution < -0.4 is 16.0 Å². The van der Waals surface area contributed by atoms with Gasteiger partial charge in [-0.2, -0.15) is 5.10 Å². The molecule has 0 bridgehead atoms. The Hall–Kier alpha value is -4.35. The van der Waals surface area contributed by atoms with E-state index < -0.39 is 41.5 Å². The summed E-state index contributed by atoms with van der Waals surface area (Å²) in [5.74, 6) is -3.39. The van der Waals surface area contributed by atoms with Gasteiger partial charge in [0.25, 0.3) is 11.8 Å². The molecular weight excluding hydrogens is 456 g/mol. The third kappa shape index (κ3) is 4.81. The van der Waals surface area contributed by atoms with Crippen molar-refractivity contribution in [2.75, 3.05) is 11.9 Å². The number of aryl methyl sites for hydroxylation is 3. The number of carbonyl (C=O) groups excluding carboxylic acids is 6. The molecule has 12 heteroatoms. The fourth-order valence-electron chi connectivity index (χ4n) is 4.15. The largest absolute Gasteiger partial charge is 0.348 e. The lowest BCUT2D eigenvalue weighted by Gasteiger charge is -2.27. The Bertz CT molecular complexity index is 1270. The molecule has 1 atom stereocenters. The summed E-state index contributed by atoms with van der Waals surface area (Å²) in [7, 11) is 1.65. The highest BCUT2D eigenvalue weighted by atomic mass is 16.2. The number of piperidine rings is 1. The number of hydrogen-bond donors (Lipinski definition) is 3. The molecule has 3 N–H and O–H groups in total. The van der Waals surface area contributed by atoms with Crippen molar-refractivity contribution in [2.45, 2.75) is 38.6 Å². The number of anilines is 1. The number of nitrogens with one attached hydrogen (secondary N) is 3. The fourth-order valence-corrected chi connectivity index (χ4v) is 4.15. The van der Waals surface area contributed by atoms with E-state index in [9.17, 15) is 28.8 Å². The summed E-state index contributed by atoms with van der Waals surface area (Å²) in [5.41, 5.74) is 1.88. The second-order valence-corrected chi connectivity index (χ2v) is 8.44. The van der Waals surface area contributed by atoms with Crippen molar-refractivity contribution in [1.82, 2.24) is 25.3 Å². The van der Waals surface area contributed by atoms with Crippen LogP contribution in [0.5, 0.6) is 0 Å². The van der Waals surface area contributed by atoms with Gasteiger partial charge in [0, 0.05) is 26.1 Å². The Labute approximate surface area is 200 Å². The maximum atomic E-state index is 12.9. The molecule has 2 aromatic rings. The second-order valence-electron chi connectivity index (χ2n) is 8.44. The Morgan fingerprint density at radius 1 is 1.09 bits per heavy atom. The molecule has 0 saturated carbocycles.